The van der Waals surface area contributed by atoms with E-state index in [1.807, 2.05) is 86.6 Å². The molecule has 8 nitrogen and oxygen atoms in total. The molecule has 1 heterocycles. The van der Waals surface area contributed by atoms with Gasteiger partial charge < -0.3 is 20.7 Å². The molecule has 1 aromatic heterocycles. The van der Waals surface area contributed by atoms with E-state index < -0.39 is 11.8 Å². The van der Waals surface area contributed by atoms with E-state index in [9.17, 15) is 14.4 Å². The lowest BCUT2D eigenvalue weighted by Crippen LogP contribution is -2.30. The number of thioether (sulfide) groups is 1. The number of carbonyl (C=O) groups is 3. The second-order valence-corrected chi connectivity index (χ2v) is 12.2. The fourth-order valence-electron chi connectivity index (χ4n) is 4.39. The monoisotopic (exact) mass is 636 g/mol. The van der Waals surface area contributed by atoms with Crippen molar-refractivity contribution < 1.29 is 19.1 Å². The minimum atomic E-state index is -0.474. The van der Waals surface area contributed by atoms with E-state index in [1.165, 1.54) is 23.1 Å². The summed E-state index contributed by atoms with van der Waals surface area (Å²) in [6.45, 7) is 4.46. The Balaban J connectivity index is 1.27. The Kier molecular flexibility index (Phi) is 10.6. The number of anilines is 2. The topological polar surface area (TPSA) is 109 Å². The van der Waals surface area contributed by atoms with Crippen LogP contribution in [-0.2, 0) is 9.59 Å². The van der Waals surface area contributed by atoms with E-state index in [0.717, 1.165) is 26.4 Å². The molecule has 0 aliphatic heterocycles. The molecule has 0 aliphatic rings. The zero-order chi connectivity index (χ0) is 31.6. The van der Waals surface area contributed by atoms with Gasteiger partial charge in [0.25, 0.3) is 11.8 Å². The summed E-state index contributed by atoms with van der Waals surface area (Å²) in [6.07, 6.45) is 2.22. The first-order valence-electron chi connectivity index (χ1n) is 14.5. The van der Waals surface area contributed by atoms with Gasteiger partial charge in [-0.1, -0.05) is 72.9 Å². The first kappa shape index (κ1) is 31.5. The highest BCUT2D eigenvalue weighted by atomic mass is 32.2. The minimum Gasteiger partial charge on any atom is -0.494 e. The summed E-state index contributed by atoms with van der Waals surface area (Å²) in [5.74, 6) is -0.255. The summed E-state index contributed by atoms with van der Waals surface area (Å²) in [7, 11) is 0. The van der Waals surface area contributed by atoms with Gasteiger partial charge in [0.05, 0.1) is 22.1 Å². The van der Waals surface area contributed by atoms with Crippen LogP contribution in [0.4, 0.5) is 10.8 Å². The number of benzene rings is 4. The number of rotatable bonds is 12. The highest BCUT2D eigenvalue weighted by Crippen LogP contribution is 2.32. The van der Waals surface area contributed by atoms with Crippen LogP contribution in [0.15, 0.2) is 114 Å². The third kappa shape index (κ3) is 8.59. The smallest absolute Gasteiger partial charge is 0.272 e. The molecule has 0 spiro atoms. The van der Waals surface area contributed by atoms with Gasteiger partial charge in [-0.05, 0) is 73.5 Å². The van der Waals surface area contributed by atoms with Crippen LogP contribution in [0.5, 0.6) is 5.75 Å². The Labute approximate surface area is 269 Å². The number of ether oxygens (including phenoxy) is 1. The van der Waals surface area contributed by atoms with Crippen LogP contribution in [0.2, 0.25) is 0 Å². The lowest BCUT2D eigenvalue weighted by Gasteiger charge is -2.15. The first-order chi connectivity index (χ1) is 21.9. The molecule has 0 bridgehead atoms. The number of hydrogen-bond donors (Lipinski definition) is 3. The fourth-order valence-corrected chi connectivity index (χ4v) is 6.30. The normalized spacial score (nSPS) is 11.9. The predicted molar refractivity (Wildman–Crippen MR) is 183 cm³/mol. The molecule has 3 amide bonds. The summed E-state index contributed by atoms with van der Waals surface area (Å²) in [4.78, 5) is 44.9. The standard InChI is InChI=1S/C35H32N4O4S2/c1-3-30(34(42)39-35-38-28-19-18-26(43-4-2)22-31(28)45-35)44-27-17-11-16-25(21-27)36-33(41)29(20-23-12-7-5-8-13-23)37-32(40)24-14-9-6-10-15-24/h5-22,30H,3-4H2,1-2H3,(H,36,41)(H,37,40)(H,38,39,42)/b29-20-. The molecular formula is C35H32N4O4S2. The molecule has 5 aromatic rings. The number of nitrogens with one attached hydrogen (secondary N) is 3. The molecule has 4 aromatic carbocycles. The number of aromatic nitrogens is 1. The van der Waals surface area contributed by atoms with Crippen LogP contribution >= 0.6 is 23.1 Å². The summed E-state index contributed by atoms with van der Waals surface area (Å²) in [5.41, 5.74) is 2.63. The van der Waals surface area contributed by atoms with Gasteiger partial charge in [-0.15, -0.1) is 11.8 Å². The molecule has 1 atom stereocenters. The molecular weight excluding hydrogens is 605 g/mol. The van der Waals surface area contributed by atoms with Crippen molar-refractivity contribution in [1.82, 2.24) is 10.3 Å². The van der Waals surface area contributed by atoms with Crippen LogP contribution in [0.1, 0.15) is 36.2 Å². The largest absolute Gasteiger partial charge is 0.494 e. The highest BCUT2D eigenvalue weighted by molar-refractivity contribution is 8.00. The maximum absolute atomic E-state index is 13.4. The lowest BCUT2D eigenvalue weighted by molar-refractivity contribution is -0.116. The molecule has 5 rings (SSSR count). The molecule has 0 fully saturated rings. The van der Waals surface area contributed by atoms with Crippen LogP contribution in [0.3, 0.4) is 0 Å². The minimum absolute atomic E-state index is 0.100. The number of amides is 3. The van der Waals surface area contributed by atoms with Crippen LogP contribution in [0.25, 0.3) is 16.3 Å². The Hall–Kier alpha value is -4.93. The highest BCUT2D eigenvalue weighted by Gasteiger charge is 2.21. The summed E-state index contributed by atoms with van der Waals surface area (Å²) in [6, 6.07) is 31.0. The van der Waals surface area contributed by atoms with Crippen LogP contribution < -0.4 is 20.7 Å². The molecule has 3 N–H and O–H groups in total. The quantitative estimate of drug-likeness (QED) is 0.0961. The second kappa shape index (κ2) is 15.2. The average Bonchev–Trinajstić information content (AvgIpc) is 3.46. The van der Waals surface area contributed by atoms with E-state index in [-0.39, 0.29) is 16.9 Å². The van der Waals surface area contributed by atoms with Crippen molar-refractivity contribution in [3.05, 3.63) is 120 Å². The first-order valence-corrected chi connectivity index (χ1v) is 16.2. The van der Waals surface area contributed by atoms with E-state index in [2.05, 4.69) is 20.9 Å². The molecule has 1 unspecified atom stereocenters. The number of fused-ring (bicyclic) bond motifs is 1. The molecule has 0 aliphatic carbocycles. The van der Waals surface area contributed by atoms with Gasteiger partial charge in [0.1, 0.15) is 11.4 Å². The van der Waals surface area contributed by atoms with Gasteiger partial charge in [-0.3, -0.25) is 14.4 Å². The van der Waals surface area contributed by atoms with Crippen molar-refractivity contribution in [3.63, 3.8) is 0 Å². The van der Waals surface area contributed by atoms with Crippen molar-refractivity contribution in [3.8, 4) is 5.75 Å². The van der Waals surface area contributed by atoms with Gasteiger partial charge in [0.15, 0.2) is 5.13 Å². The lowest BCUT2D eigenvalue weighted by atomic mass is 10.1. The number of thiazole rings is 1. The Morgan fingerprint density at radius 2 is 1.64 bits per heavy atom. The Morgan fingerprint density at radius 3 is 2.38 bits per heavy atom. The molecule has 10 heteroatoms. The number of hydrogen-bond acceptors (Lipinski definition) is 7. The van der Waals surface area contributed by atoms with E-state index >= 15 is 0 Å². The van der Waals surface area contributed by atoms with Crippen molar-refractivity contribution in [2.75, 3.05) is 17.2 Å². The van der Waals surface area contributed by atoms with Crippen molar-refractivity contribution >= 4 is 67.9 Å². The average molecular weight is 637 g/mol. The third-order valence-corrected chi connectivity index (χ3v) is 8.87. The molecule has 0 saturated carbocycles. The molecule has 45 heavy (non-hydrogen) atoms. The predicted octanol–water partition coefficient (Wildman–Crippen LogP) is 7.61. The van der Waals surface area contributed by atoms with Crippen molar-refractivity contribution in [2.45, 2.75) is 30.4 Å². The maximum atomic E-state index is 13.4. The van der Waals surface area contributed by atoms with Gasteiger partial charge in [0, 0.05) is 16.1 Å². The van der Waals surface area contributed by atoms with Crippen LogP contribution in [0, 0.1) is 0 Å². The van der Waals surface area contributed by atoms with Gasteiger partial charge in [-0.25, -0.2) is 4.98 Å². The Bertz CT molecular complexity index is 1820. The number of carbonyl (C=O) groups excluding carboxylic acids is 3. The number of nitrogens with zero attached hydrogens (tertiary/aromatic N) is 1. The fraction of sp³-hybridized carbons (Fsp3) is 0.143. The van der Waals surface area contributed by atoms with Gasteiger partial charge in [0.2, 0.25) is 5.91 Å². The zero-order valence-electron chi connectivity index (χ0n) is 24.8. The Morgan fingerprint density at radius 1 is 0.889 bits per heavy atom. The molecule has 0 radical (unpaired) electrons. The zero-order valence-corrected chi connectivity index (χ0v) is 26.4. The summed E-state index contributed by atoms with van der Waals surface area (Å²) >= 11 is 2.80. The van der Waals surface area contributed by atoms with Gasteiger partial charge in [-0.2, -0.15) is 0 Å². The third-order valence-electron chi connectivity index (χ3n) is 6.57. The van der Waals surface area contributed by atoms with Gasteiger partial charge >= 0.3 is 0 Å². The SMILES string of the molecule is CCOc1ccc2nc(NC(=O)C(CC)Sc3cccc(NC(=O)/C(=C/c4ccccc4)NC(=O)c4ccccc4)c3)sc2c1. The second-order valence-electron chi connectivity index (χ2n) is 9.86. The summed E-state index contributed by atoms with van der Waals surface area (Å²) < 4.78 is 6.51. The molecule has 0 saturated heterocycles. The van der Waals surface area contributed by atoms with Crippen molar-refractivity contribution in [1.29, 1.82) is 0 Å². The summed E-state index contributed by atoms with van der Waals surface area (Å²) in [5, 5.41) is 8.75. The van der Waals surface area contributed by atoms with E-state index in [0.29, 0.717) is 29.4 Å². The van der Waals surface area contributed by atoms with Crippen molar-refractivity contribution in [2.24, 2.45) is 0 Å². The maximum Gasteiger partial charge on any atom is 0.272 e. The van der Waals surface area contributed by atoms with E-state index in [4.69, 9.17) is 4.74 Å². The molecule has 228 valence electrons. The van der Waals surface area contributed by atoms with Crippen LogP contribution in [-0.4, -0.2) is 34.6 Å². The van der Waals surface area contributed by atoms with E-state index in [1.54, 1.807) is 36.4 Å².